The van der Waals surface area contributed by atoms with E-state index in [1.54, 1.807) is 13.8 Å². The molecule has 0 aliphatic heterocycles. The second-order valence-electron chi connectivity index (χ2n) is 3.94. The number of carbonyl (C=O) groups is 1. The molecule has 0 saturated heterocycles. The first-order valence-corrected chi connectivity index (χ1v) is 6.01. The number of hydrogen-bond acceptors (Lipinski definition) is 4. The molecule has 17 heavy (non-hydrogen) atoms. The van der Waals surface area contributed by atoms with Crippen LogP contribution in [0.15, 0.2) is 33.2 Å². The average molecular weight is 295 g/mol. The molecule has 0 fully saturated rings. The highest BCUT2D eigenvalue weighted by molar-refractivity contribution is 9.10. The molecule has 4 nitrogen and oxygen atoms in total. The maximum Gasteiger partial charge on any atom is 0.284 e. The van der Waals surface area contributed by atoms with Crippen LogP contribution in [-0.4, -0.2) is 16.0 Å². The van der Waals surface area contributed by atoms with Crippen LogP contribution in [0.4, 0.5) is 0 Å². The molecule has 0 aliphatic rings. The van der Waals surface area contributed by atoms with Gasteiger partial charge in [0.1, 0.15) is 0 Å². The van der Waals surface area contributed by atoms with Crippen LogP contribution < -0.4 is 0 Å². The van der Waals surface area contributed by atoms with Crippen LogP contribution in [0, 0.1) is 5.92 Å². The van der Waals surface area contributed by atoms with Crippen LogP contribution in [0.5, 0.6) is 0 Å². The lowest BCUT2D eigenvalue weighted by Gasteiger charge is -1.97. The highest BCUT2D eigenvalue weighted by Crippen LogP contribution is 2.21. The SMILES string of the molecule is CC(C)C(=O)c1nnc(-c2ccc(Br)cc2)o1. The van der Waals surface area contributed by atoms with Crippen LogP contribution in [0.1, 0.15) is 24.5 Å². The Balaban J connectivity index is 2.30. The van der Waals surface area contributed by atoms with Crippen molar-refractivity contribution in [2.24, 2.45) is 5.92 Å². The molecular formula is C12H11BrN2O2. The molecule has 2 rings (SSSR count). The number of hydrogen-bond donors (Lipinski definition) is 0. The maximum absolute atomic E-state index is 11.6. The lowest BCUT2D eigenvalue weighted by Crippen LogP contribution is -2.07. The van der Waals surface area contributed by atoms with Gasteiger partial charge in [0.2, 0.25) is 11.7 Å². The highest BCUT2D eigenvalue weighted by atomic mass is 79.9. The predicted octanol–water partition coefficient (Wildman–Crippen LogP) is 3.34. The smallest absolute Gasteiger partial charge is 0.284 e. The fraction of sp³-hybridized carbons (Fsp3) is 0.250. The Morgan fingerprint density at radius 1 is 1.24 bits per heavy atom. The van der Waals surface area contributed by atoms with Crippen molar-refractivity contribution in [1.82, 2.24) is 10.2 Å². The molecule has 0 bridgehead atoms. The summed E-state index contributed by atoms with van der Waals surface area (Å²) in [7, 11) is 0. The van der Waals surface area contributed by atoms with Gasteiger partial charge in [-0.3, -0.25) is 4.79 Å². The minimum absolute atomic E-state index is 0.0675. The third-order valence-corrected chi connectivity index (χ3v) is 2.78. The highest BCUT2D eigenvalue weighted by Gasteiger charge is 2.18. The van der Waals surface area contributed by atoms with Crippen molar-refractivity contribution >= 4 is 21.7 Å². The zero-order valence-electron chi connectivity index (χ0n) is 9.48. The van der Waals surface area contributed by atoms with Crippen LogP contribution in [-0.2, 0) is 0 Å². The first kappa shape index (κ1) is 12.0. The van der Waals surface area contributed by atoms with Crippen LogP contribution in [0.25, 0.3) is 11.5 Å². The minimum Gasteiger partial charge on any atom is -0.414 e. The van der Waals surface area contributed by atoms with Crippen molar-refractivity contribution in [3.8, 4) is 11.5 Å². The molecule has 0 amide bonds. The third-order valence-electron chi connectivity index (χ3n) is 2.25. The number of ketones is 1. The summed E-state index contributed by atoms with van der Waals surface area (Å²) < 4.78 is 6.32. The van der Waals surface area contributed by atoms with E-state index in [-0.39, 0.29) is 17.6 Å². The van der Waals surface area contributed by atoms with Gasteiger partial charge in [-0.25, -0.2) is 0 Å². The Morgan fingerprint density at radius 3 is 2.47 bits per heavy atom. The molecule has 1 aromatic carbocycles. The van der Waals surface area contributed by atoms with E-state index in [4.69, 9.17) is 4.42 Å². The van der Waals surface area contributed by atoms with Crippen LogP contribution >= 0.6 is 15.9 Å². The number of benzene rings is 1. The number of carbonyl (C=O) groups excluding carboxylic acids is 1. The normalized spacial score (nSPS) is 10.8. The number of aromatic nitrogens is 2. The Labute approximate surface area is 107 Å². The van der Waals surface area contributed by atoms with Gasteiger partial charge in [-0.1, -0.05) is 29.8 Å². The van der Waals surface area contributed by atoms with E-state index in [1.807, 2.05) is 24.3 Å². The van der Waals surface area contributed by atoms with E-state index in [0.29, 0.717) is 5.89 Å². The fourth-order valence-electron chi connectivity index (χ4n) is 1.28. The lowest BCUT2D eigenvalue weighted by molar-refractivity contribution is 0.0905. The molecule has 5 heteroatoms. The van der Waals surface area contributed by atoms with Crippen LogP contribution in [0.3, 0.4) is 0 Å². The Kier molecular flexibility index (Phi) is 3.38. The first-order valence-electron chi connectivity index (χ1n) is 5.21. The van der Waals surface area contributed by atoms with Gasteiger partial charge in [-0.2, -0.15) is 0 Å². The minimum atomic E-state index is -0.145. The summed E-state index contributed by atoms with van der Waals surface area (Å²) in [5.74, 6) is 0.147. The van der Waals surface area contributed by atoms with E-state index < -0.39 is 0 Å². The molecule has 0 unspecified atom stereocenters. The Hall–Kier alpha value is -1.49. The quantitative estimate of drug-likeness (QED) is 0.815. The van der Waals surface area contributed by atoms with Crippen LogP contribution in [0.2, 0.25) is 0 Å². The summed E-state index contributed by atoms with van der Waals surface area (Å²) in [6.07, 6.45) is 0. The molecule has 1 heterocycles. The van der Waals surface area contributed by atoms with E-state index in [2.05, 4.69) is 26.1 Å². The molecule has 2 aromatic rings. The third kappa shape index (κ3) is 2.61. The maximum atomic E-state index is 11.6. The summed E-state index contributed by atoms with van der Waals surface area (Å²) in [6.45, 7) is 3.59. The van der Waals surface area contributed by atoms with Gasteiger partial charge in [0.25, 0.3) is 5.89 Å². The summed E-state index contributed by atoms with van der Waals surface area (Å²) in [4.78, 5) is 11.6. The van der Waals surface area contributed by atoms with Crippen molar-refractivity contribution in [2.75, 3.05) is 0 Å². The predicted molar refractivity (Wildman–Crippen MR) is 66.6 cm³/mol. The lowest BCUT2D eigenvalue weighted by atomic mass is 10.1. The number of Topliss-reactive ketones (excluding diaryl/α,β-unsaturated/α-hetero) is 1. The fourth-order valence-corrected chi connectivity index (χ4v) is 1.54. The topological polar surface area (TPSA) is 56.0 Å². The molecule has 0 radical (unpaired) electrons. The summed E-state index contributed by atoms with van der Waals surface area (Å²) in [6, 6.07) is 7.45. The Morgan fingerprint density at radius 2 is 1.88 bits per heavy atom. The molecule has 0 atom stereocenters. The monoisotopic (exact) mass is 294 g/mol. The summed E-state index contributed by atoms with van der Waals surface area (Å²) in [5, 5.41) is 7.63. The van der Waals surface area contributed by atoms with Crippen molar-refractivity contribution in [1.29, 1.82) is 0 Å². The molecule has 0 saturated carbocycles. The van der Waals surface area contributed by atoms with Gasteiger partial charge < -0.3 is 4.42 Å². The van der Waals surface area contributed by atoms with Crippen molar-refractivity contribution in [3.63, 3.8) is 0 Å². The first-order chi connectivity index (χ1) is 8.08. The number of nitrogens with zero attached hydrogens (tertiary/aromatic N) is 2. The Bertz CT molecular complexity index is 532. The molecule has 0 spiro atoms. The van der Waals surface area contributed by atoms with Crippen molar-refractivity contribution in [3.05, 3.63) is 34.6 Å². The number of halogens is 1. The zero-order chi connectivity index (χ0) is 12.4. The average Bonchev–Trinajstić information content (AvgIpc) is 2.78. The standard InChI is InChI=1S/C12H11BrN2O2/c1-7(2)10(16)12-15-14-11(17-12)8-3-5-9(13)6-4-8/h3-7H,1-2H3. The molecule has 88 valence electrons. The van der Waals surface area contributed by atoms with Gasteiger partial charge in [0, 0.05) is 16.0 Å². The van der Waals surface area contributed by atoms with Gasteiger partial charge in [0.15, 0.2) is 0 Å². The van der Waals surface area contributed by atoms with E-state index in [1.165, 1.54) is 0 Å². The molecule has 0 N–H and O–H groups in total. The van der Waals surface area contributed by atoms with Gasteiger partial charge in [-0.05, 0) is 24.3 Å². The van der Waals surface area contributed by atoms with Gasteiger partial charge >= 0.3 is 0 Å². The van der Waals surface area contributed by atoms with E-state index in [0.717, 1.165) is 10.0 Å². The second kappa shape index (κ2) is 4.79. The largest absolute Gasteiger partial charge is 0.414 e. The summed E-state index contributed by atoms with van der Waals surface area (Å²) in [5.41, 5.74) is 0.795. The van der Waals surface area contributed by atoms with E-state index in [9.17, 15) is 4.79 Å². The van der Waals surface area contributed by atoms with Crippen molar-refractivity contribution < 1.29 is 9.21 Å². The van der Waals surface area contributed by atoms with E-state index >= 15 is 0 Å². The molecular weight excluding hydrogens is 284 g/mol. The molecule has 0 aliphatic carbocycles. The summed E-state index contributed by atoms with van der Waals surface area (Å²) >= 11 is 3.34. The van der Waals surface area contributed by atoms with Crippen molar-refractivity contribution in [2.45, 2.75) is 13.8 Å². The molecule has 1 aromatic heterocycles. The second-order valence-corrected chi connectivity index (χ2v) is 4.85. The number of rotatable bonds is 3. The zero-order valence-corrected chi connectivity index (χ0v) is 11.1. The van der Waals surface area contributed by atoms with Gasteiger partial charge in [-0.15, -0.1) is 10.2 Å². The van der Waals surface area contributed by atoms with Gasteiger partial charge in [0.05, 0.1) is 0 Å².